The van der Waals surface area contributed by atoms with Crippen LogP contribution in [-0.4, -0.2) is 9.97 Å². The maximum atomic E-state index is 4.57. The van der Waals surface area contributed by atoms with E-state index in [2.05, 4.69) is 65.5 Å². The number of fused-ring (bicyclic) bond motifs is 1. The van der Waals surface area contributed by atoms with Crippen LogP contribution < -0.4 is 5.32 Å². The molecule has 1 heterocycles. The van der Waals surface area contributed by atoms with Gasteiger partial charge in [-0.3, -0.25) is 0 Å². The van der Waals surface area contributed by atoms with Crippen LogP contribution in [0, 0.1) is 13.8 Å². The maximum absolute atomic E-state index is 4.57. The SMILES string of the molecule is CCc1cccc(C)c1CNc1cccc2[nH]c(C)nc12. The molecule has 0 aliphatic rings. The Balaban J connectivity index is 1.90. The number of rotatable bonds is 4. The Bertz CT molecular complexity index is 771. The van der Waals surface area contributed by atoms with E-state index >= 15 is 0 Å². The zero-order valence-corrected chi connectivity index (χ0v) is 12.8. The molecule has 2 aromatic carbocycles. The van der Waals surface area contributed by atoms with E-state index in [1.807, 2.05) is 6.92 Å². The summed E-state index contributed by atoms with van der Waals surface area (Å²) in [5.41, 5.74) is 7.33. The minimum absolute atomic E-state index is 0.834. The van der Waals surface area contributed by atoms with Crippen molar-refractivity contribution in [2.45, 2.75) is 33.7 Å². The van der Waals surface area contributed by atoms with Crippen LogP contribution >= 0.6 is 0 Å². The van der Waals surface area contributed by atoms with Crippen LogP contribution in [0.3, 0.4) is 0 Å². The first-order valence-electron chi connectivity index (χ1n) is 7.45. The number of nitrogens with zero attached hydrogens (tertiary/aromatic N) is 1. The second-order valence-corrected chi connectivity index (χ2v) is 5.44. The number of aromatic nitrogens is 2. The normalized spacial score (nSPS) is 11.0. The molecule has 21 heavy (non-hydrogen) atoms. The number of hydrogen-bond acceptors (Lipinski definition) is 2. The van der Waals surface area contributed by atoms with Crippen LogP contribution in [0.2, 0.25) is 0 Å². The van der Waals surface area contributed by atoms with Gasteiger partial charge in [0, 0.05) is 6.54 Å². The van der Waals surface area contributed by atoms with Gasteiger partial charge in [0.05, 0.1) is 11.2 Å². The third-order valence-corrected chi connectivity index (χ3v) is 3.97. The van der Waals surface area contributed by atoms with Gasteiger partial charge in [-0.05, 0) is 49.1 Å². The number of aryl methyl sites for hydroxylation is 3. The quantitative estimate of drug-likeness (QED) is 0.745. The minimum atomic E-state index is 0.834. The third kappa shape index (κ3) is 2.64. The second kappa shape index (κ2) is 5.60. The lowest BCUT2D eigenvalue weighted by atomic mass is 10.00. The van der Waals surface area contributed by atoms with Crippen molar-refractivity contribution < 1.29 is 0 Å². The van der Waals surface area contributed by atoms with Gasteiger partial charge in [-0.1, -0.05) is 31.2 Å². The summed E-state index contributed by atoms with van der Waals surface area (Å²) in [6.07, 6.45) is 1.06. The molecule has 0 fully saturated rings. The second-order valence-electron chi connectivity index (χ2n) is 5.44. The minimum Gasteiger partial charge on any atom is -0.379 e. The molecule has 0 amide bonds. The molecule has 1 aromatic heterocycles. The number of anilines is 1. The molecule has 2 N–H and O–H groups in total. The Kier molecular flexibility index (Phi) is 3.65. The lowest BCUT2D eigenvalue weighted by Crippen LogP contribution is -2.05. The number of H-pyrrole nitrogens is 1. The molecule has 0 spiro atoms. The van der Waals surface area contributed by atoms with Gasteiger partial charge in [-0.25, -0.2) is 4.98 Å². The monoisotopic (exact) mass is 279 g/mol. The zero-order chi connectivity index (χ0) is 14.8. The number of imidazole rings is 1. The summed E-state index contributed by atoms with van der Waals surface area (Å²) in [5.74, 6) is 0.949. The Morgan fingerprint density at radius 1 is 1.10 bits per heavy atom. The molecule has 108 valence electrons. The Labute approximate surface area is 125 Å². The smallest absolute Gasteiger partial charge is 0.112 e. The first-order chi connectivity index (χ1) is 10.2. The first kappa shape index (κ1) is 13.7. The number of hydrogen-bond donors (Lipinski definition) is 2. The average molecular weight is 279 g/mol. The van der Waals surface area contributed by atoms with Crippen LogP contribution in [0.25, 0.3) is 11.0 Å². The molecule has 0 unspecified atom stereocenters. The summed E-state index contributed by atoms with van der Waals surface area (Å²) in [7, 11) is 0. The molecule has 3 heteroatoms. The Hall–Kier alpha value is -2.29. The van der Waals surface area contributed by atoms with Gasteiger partial charge in [0.2, 0.25) is 0 Å². The third-order valence-electron chi connectivity index (χ3n) is 3.97. The number of nitrogens with one attached hydrogen (secondary N) is 2. The Morgan fingerprint density at radius 2 is 1.90 bits per heavy atom. The van der Waals surface area contributed by atoms with E-state index in [1.54, 1.807) is 0 Å². The van der Waals surface area contributed by atoms with Crippen LogP contribution in [0.4, 0.5) is 5.69 Å². The fourth-order valence-corrected chi connectivity index (χ4v) is 2.83. The van der Waals surface area contributed by atoms with Gasteiger partial charge in [-0.2, -0.15) is 0 Å². The molecule has 0 atom stereocenters. The summed E-state index contributed by atoms with van der Waals surface area (Å²) >= 11 is 0. The molecule has 3 nitrogen and oxygen atoms in total. The van der Waals surface area contributed by atoms with Crippen LogP contribution in [0.5, 0.6) is 0 Å². The highest BCUT2D eigenvalue weighted by Gasteiger charge is 2.07. The van der Waals surface area contributed by atoms with Crippen molar-refractivity contribution in [1.82, 2.24) is 9.97 Å². The van der Waals surface area contributed by atoms with E-state index in [0.29, 0.717) is 0 Å². The number of aromatic amines is 1. The summed E-state index contributed by atoms with van der Waals surface area (Å²) in [6.45, 7) is 7.20. The molecule has 0 radical (unpaired) electrons. The predicted molar refractivity (Wildman–Crippen MR) is 88.7 cm³/mol. The molecule has 0 saturated heterocycles. The fraction of sp³-hybridized carbons (Fsp3) is 0.278. The zero-order valence-electron chi connectivity index (χ0n) is 12.8. The van der Waals surface area contributed by atoms with Crippen molar-refractivity contribution in [2.75, 3.05) is 5.32 Å². The van der Waals surface area contributed by atoms with Gasteiger partial charge >= 0.3 is 0 Å². The van der Waals surface area contributed by atoms with E-state index in [0.717, 1.165) is 35.5 Å². The lowest BCUT2D eigenvalue weighted by Gasteiger charge is -2.13. The molecule has 0 saturated carbocycles. The van der Waals surface area contributed by atoms with E-state index in [4.69, 9.17) is 0 Å². The van der Waals surface area contributed by atoms with Gasteiger partial charge in [0.25, 0.3) is 0 Å². The Morgan fingerprint density at radius 3 is 2.71 bits per heavy atom. The van der Waals surface area contributed by atoms with E-state index in [9.17, 15) is 0 Å². The average Bonchev–Trinajstić information content (AvgIpc) is 2.86. The van der Waals surface area contributed by atoms with E-state index in [1.165, 1.54) is 16.7 Å². The van der Waals surface area contributed by atoms with Crippen molar-refractivity contribution >= 4 is 16.7 Å². The molecule has 0 bridgehead atoms. The molecular weight excluding hydrogens is 258 g/mol. The van der Waals surface area contributed by atoms with Crippen LogP contribution in [0.1, 0.15) is 29.4 Å². The summed E-state index contributed by atoms with van der Waals surface area (Å²) in [4.78, 5) is 7.85. The highest BCUT2D eigenvalue weighted by Crippen LogP contribution is 2.23. The predicted octanol–water partition coefficient (Wildman–Crippen LogP) is 4.35. The summed E-state index contributed by atoms with van der Waals surface area (Å²) in [5, 5.41) is 3.55. The molecule has 3 aromatic rings. The lowest BCUT2D eigenvalue weighted by molar-refractivity contribution is 1.03. The number of para-hydroxylation sites is 1. The fourth-order valence-electron chi connectivity index (χ4n) is 2.83. The van der Waals surface area contributed by atoms with Crippen molar-refractivity contribution in [3.05, 3.63) is 58.9 Å². The molecule has 3 rings (SSSR count). The maximum Gasteiger partial charge on any atom is 0.112 e. The van der Waals surface area contributed by atoms with Crippen LogP contribution in [-0.2, 0) is 13.0 Å². The summed E-state index contributed by atoms with van der Waals surface area (Å²) < 4.78 is 0. The molecule has 0 aliphatic carbocycles. The van der Waals surface area contributed by atoms with E-state index in [-0.39, 0.29) is 0 Å². The van der Waals surface area contributed by atoms with Gasteiger partial charge < -0.3 is 10.3 Å². The van der Waals surface area contributed by atoms with Gasteiger partial charge in [0.1, 0.15) is 11.3 Å². The van der Waals surface area contributed by atoms with Crippen LogP contribution in [0.15, 0.2) is 36.4 Å². The molecule has 0 aliphatic heterocycles. The highest BCUT2D eigenvalue weighted by atomic mass is 15.0. The van der Waals surface area contributed by atoms with Crippen molar-refractivity contribution in [1.29, 1.82) is 0 Å². The van der Waals surface area contributed by atoms with E-state index < -0.39 is 0 Å². The van der Waals surface area contributed by atoms with Gasteiger partial charge in [0.15, 0.2) is 0 Å². The van der Waals surface area contributed by atoms with Crippen molar-refractivity contribution in [3.8, 4) is 0 Å². The molecular formula is C18H21N3. The highest BCUT2D eigenvalue weighted by molar-refractivity contribution is 5.88. The number of benzene rings is 2. The first-order valence-corrected chi connectivity index (χ1v) is 7.45. The largest absolute Gasteiger partial charge is 0.379 e. The van der Waals surface area contributed by atoms with Gasteiger partial charge in [-0.15, -0.1) is 0 Å². The topological polar surface area (TPSA) is 40.7 Å². The van der Waals surface area contributed by atoms with Crippen molar-refractivity contribution in [2.24, 2.45) is 0 Å². The summed E-state index contributed by atoms with van der Waals surface area (Å²) in [6, 6.07) is 12.7. The standard InChI is InChI=1S/C18H21N3/c1-4-14-8-5-7-12(2)15(14)11-19-16-9-6-10-17-18(16)21-13(3)20-17/h5-10,19H,4,11H2,1-3H3,(H,20,21). The van der Waals surface area contributed by atoms with Crippen molar-refractivity contribution in [3.63, 3.8) is 0 Å².